The predicted octanol–water partition coefficient (Wildman–Crippen LogP) is -0.920. The fourth-order valence-electron chi connectivity index (χ4n) is 3.63. The molecule has 1 aromatic carbocycles. The number of benzene rings is 1. The summed E-state index contributed by atoms with van der Waals surface area (Å²) in [5.41, 5.74) is 12.2. The van der Waals surface area contributed by atoms with Crippen LogP contribution in [0.1, 0.15) is 30.5 Å². The first-order valence-corrected chi connectivity index (χ1v) is 13.7. The maximum atomic E-state index is 13.3. The zero-order chi connectivity index (χ0) is 28.8. The van der Waals surface area contributed by atoms with Gasteiger partial charge in [-0.15, -0.1) is 0 Å². The number of carbonyl (C=O) groups excluding carboxylic acids is 4. The zero-order valence-corrected chi connectivity index (χ0v) is 22.4. The molecule has 0 aliphatic heterocycles. The Hall–Kier alpha value is -3.91. The molecule has 0 saturated carbocycles. The van der Waals surface area contributed by atoms with E-state index in [1.165, 1.54) is 24.3 Å². The summed E-state index contributed by atoms with van der Waals surface area (Å²) >= 11 is 1.45. The molecule has 0 fully saturated rings. The maximum Gasteiger partial charge on any atom is 0.326 e. The van der Waals surface area contributed by atoms with Crippen LogP contribution >= 0.6 is 11.8 Å². The Balaban J connectivity index is 2.16. The van der Waals surface area contributed by atoms with E-state index in [9.17, 15) is 29.1 Å². The second-order valence-corrected chi connectivity index (χ2v) is 9.87. The van der Waals surface area contributed by atoms with Gasteiger partial charge in [-0.05, 0) is 30.4 Å². The van der Waals surface area contributed by atoms with Gasteiger partial charge >= 0.3 is 5.97 Å². The second-order valence-electron chi connectivity index (χ2n) is 8.89. The lowest BCUT2D eigenvalue weighted by Crippen LogP contribution is -2.58. The van der Waals surface area contributed by atoms with E-state index >= 15 is 0 Å². The number of nitrogens with zero attached hydrogens (tertiary/aromatic N) is 1. The molecule has 212 valence electrons. The van der Waals surface area contributed by atoms with E-state index in [2.05, 4.69) is 25.9 Å². The van der Waals surface area contributed by atoms with Crippen molar-refractivity contribution in [1.29, 1.82) is 0 Å². The summed E-state index contributed by atoms with van der Waals surface area (Å²) in [4.78, 5) is 68.8. The number of nitrogens with two attached hydrogens (primary N) is 2. The Morgan fingerprint density at radius 3 is 2.18 bits per heavy atom. The molecule has 1 aromatic heterocycles. The third-order valence-electron chi connectivity index (χ3n) is 5.79. The first-order chi connectivity index (χ1) is 18.6. The highest BCUT2D eigenvalue weighted by Gasteiger charge is 2.30. The molecule has 4 unspecified atom stereocenters. The highest BCUT2D eigenvalue weighted by Crippen LogP contribution is 2.08. The van der Waals surface area contributed by atoms with Crippen molar-refractivity contribution in [1.82, 2.24) is 25.9 Å². The van der Waals surface area contributed by atoms with Crippen LogP contribution in [0.3, 0.4) is 0 Å². The monoisotopic (exact) mass is 561 g/mol. The number of aromatic amines is 1. The number of carboxylic acid groups (broad SMARTS) is 1. The summed E-state index contributed by atoms with van der Waals surface area (Å²) in [6.07, 6.45) is 4.93. The van der Waals surface area contributed by atoms with Crippen LogP contribution in [0.4, 0.5) is 0 Å². The number of H-pyrrole nitrogens is 1. The van der Waals surface area contributed by atoms with Gasteiger partial charge in [-0.1, -0.05) is 30.3 Å². The van der Waals surface area contributed by atoms with Crippen molar-refractivity contribution < 1.29 is 29.1 Å². The smallest absolute Gasteiger partial charge is 0.326 e. The Labute approximate surface area is 230 Å². The summed E-state index contributed by atoms with van der Waals surface area (Å²) in [7, 11) is 0. The number of carboxylic acids is 1. The number of carbonyl (C=O) groups is 5. The van der Waals surface area contributed by atoms with Gasteiger partial charge in [0.2, 0.25) is 23.6 Å². The topological polar surface area (TPSA) is 222 Å². The predicted molar refractivity (Wildman–Crippen MR) is 145 cm³/mol. The highest BCUT2D eigenvalue weighted by molar-refractivity contribution is 7.98. The largest absolute Gasteiger partial charge is 0.480 e. The molecule has 0 spiro atoms. The summed E-state index contributed by atoms with van der Waals surface area (Å²) < 4.78 is 0. The maximum absolute atomic E-state index is 13.3. The van der Waals surface area contributed by atoms with Gasteiger partial charge in [-0.2, -0.15) is 11.8 Å². The number of rotatable bonds is 17. The summed E-state index contributed by atoms with van der Waals surface area (Å²) in [6, 6.07) is 4.36. The first-order valence-electron chi connectivity index (χ1n) is 12.3. The lowest BCUT2D eigenvalue weighted by Gasteiger charge is -2.25. The molecule has 4 amide bonds. The van der Waals surface area contributed by atoms with E-state index in [1.807, 2.05) is 6.26 Å². The van der Waals surface area contributed by atoms with Crippen molar-refractivity contribution in [3.63, 3.8) is 0 Å². The zero-order valence-electron chi connectivity index (χ0n) is 21.6. The number of primary amides is 1. The molecule has 39 heavy (non-hydrogen) atoms. The lowest BCUT2D eigenvalue weighted by atomic mass is 10.0. The van der Waals surface area contributed by atoms with Crippen molar-refractivity contribution >= 4 is 41.4 Å². The average molecular weight is 562 g/mol. The number of hydrogen-bond acceptors (Lipinski definition) is 8. The second kappa shape index (κ2) is 16.1. The number of aromatic nitrogens is 2. The number of thioether (sulfide) groups is 1. The minimum atomic E-state index is -1.21. The van der Waals surface area contributed by atoms with Gasteiger partial charge in [0.1, 0.15) is 18.1 Å². The molecule has 13 nitrogen and oxygen atoms in total. The number of hydrogen-bond donors (Lipinski definition) is 7. The van der Waals surface area contributed by atoms with Crippen LogP contribution in [0.2, 0.25) is 0 Å². The molecule has 0 bridgehead atoms. The van der Waals surface area contributed by atoms with Crippen molar-refractivity contribution in [3.05, 3.63) is 54.1 Å². The molecular weight excluding hydrogens is 526 g/mol. The van der Waals surface area contributed by atoms with Crippen molar-refractivity contribution in [2.45, 2.75) is 56.3 Å². The van der Waals surface area contributed by atoms with Gasteiger partial charge in [-0.3, -0.25) is 19.2 Å². The Bertz CT molecular complexity index is 1100. The number of imidazole rings is 1. The van der Waals surface area contributed by atoms with Crippen LogP contribution in [-0.2, 0) is 36.8 Å². The molecule has 0 saturated heterocycles. The van der Waals surface area contributed by atoms with Gasteiger partial charge in [0.25, 0.3) is 0 Å². The minimum Gasteiger partial charge on any atom is -0.480 e. The summed E-state index contributed by atoms with van der Waals surface area (Å²) in [6.45, 7) is 0. The average Bonchev–Trinajstić information content (AvgIpc) is 3.42. The van der Waals surface area contributed by atoms with Crippen LogP contribution < -0.4 is 27.4 Å². The molecular formula is C25H35N7O6S. The van der Waals surface area contributed by atoms with Gasteiger partial charge in [0.15, 0.2) is 0 Å². The molecule has 2 rings (SSSR count). The number of nitrogens with one attached hydrogen (secondary N) is 4. The van der Waals surface area contributed by atoms with E-state index in [0.29, 0.717) is 11.4 Å². The Kier molecular flexibility index (Phi) is 13.0. The molecule has 4 atom stereocenters. The third kappa shape index (κ3) is 11.2. The SMILES string of the molecule is CSCCC(NC(=O)C(Cc1cnc[nH]1)NC(=O)C(N)CCC(N)=O)C(=O)NC(Cc1ccccc1)C(=O)O. The molecule has 2 aromatic rings. The normalized spacial score (nSPS) is 13.9. The van der Waals surface area contributed by atoms with Crippen LogP contribution in [-0.4, -0.2) is 80.8 Å². The Morgan fingerprint density at radius 1 is 0.949 bits per heavy atom. The molecule has 1 heterocycles. The minimum absolute atomic E-state index is 0.00366. The van der Waals surface area contributed by atoms with E-state index in [0.717, 1.165) is 5.56 Å². The highest BCUT2D eigenvalue weighted by atomic mass is 32.2. The third-order valence-corrected chi connectivity index (χ3v) is 6.44. The van der Waals surface area contributed by atoms with Crippen molar-refractivity contribution in [2.75, 3.05) is 12.0 Å². The van der Waals surface area contributed by atoms with Crippen LogP contribution in [0.25, 0.3) is 0 Å². The van der Waals surface area contributed by atoms with Gasteiger partial charge in [0.05, 0.1) is 12.4 Å². The fourth-order valence-corrected chi connectivity index (χ4v) is 4.10. The fraction of sp³-hybridized carbons (Fsp3) is 0.440. The van der Waals surface area contributed by atoms with Crippen molar-refractivity contribution in [3.8, 4) is 0 Å². The van der Waals surface area contributed by atoms with Crippen LogP contribution in [0, 0.1) is 0 Å². The van der Waals surface area contributed by atoms with E-state index < -0.39 is 53.8 Å². The van der Waals surface area contributed by atoms with Gasteiger partial charge in [-0.25, -0.2) is 9.78 Å². The van der Waals surface area contributed by atoms with E-state index in [4.69, 9.17) is 11.5 Å². The summed E-state index contributed by atoms with van der Waals surface area (Å²) in [5.74, 6) is -3.32. The summed E-state index contributed by atoms with van der Waals surface area (Å²) in [5, 5.41) is 17.4. The Morgan fingerprint density at radius 2 is 1.59 bits per heavy atom. The van der Waals surface area contributed by atoms with Gasteiger partial charge in [0, 0.05) is 31.2 Å². The van der Waals surface area contributed by atoms with E-state index in [1.54, 1.807) is 30.3 Å². The standard InChI is InChI=1S/C25H35N7O6S/c1-39-10-9-18(23(35)32-20(25(37)38)11-15-5-3-2-4-6-15)30-24(36)19(12-16-13-28-14-29-16)31-22(34)17(26)7-8-21(27)33/h2-6,13-14,17-20H,7-12,26H2,1H3,(H2,27,33)(H,28,29)(H,30,36)(H,31,34)(H,32,35)(H,37,38). The van der Waals surface area contributed by atoms with Crippen molar-refractivity contribution in [2.24, 2.45) is 11.5 Å². The molecule has 0 aliphatic rings. The molecule has 0 aliphatic carbocycles. The van der Waals surface area contributed by atoms with E-state index in [-0.39, 0.29) is 32.1 Å². The lowest BCUT2D eigenvalue weighted by molar-refractivity contribution is -0.142. The van der Waals surface area contributed by atoms with Gasteiger partial charge < -0.3 is 37.5 Å². The number of aliphatic carboxylic acids is 1. The molecule has 0 radical (unpaired) electrons. The van der Waals surface area contributed by atoms with Crippen LogP contribution in [0.15, 0.2) is 42.9 Å². The molecule has 9 N–H and O–H groups in total. The quantitative estimate of drug-likeness (QED) is 0.127. The first kappa shape index (κ1) is 31.3. The number of amides is 4. The van der Waals surface area contributed by atoms with Crippen LogP contribution in [0.5, 0.6) is 0 Å². The molecule has 14 heteroatoms.